The standard InChI is InChI=1S/C12H20F3N3S/c1-4-6-16-7-10-9(3)17-11(19-10)18(5-2)8-12(13,14)15/h16H,4-8H2,1-3H3. The Morgan fingerprint density at radius 3 is 2.53 bits per heavy atom. The Labute approximate surface area is 115 Å². The molecule has 0 radical (unpaired) electrons. The lowest BCUT2D eigenvalue weighted by Gasteiger charge is -2.21. The summed E-state index contributed by atoms with van der Waals surface area (Å²) in [5.74, 6) is 0. The highest BCUT2D eigenvalue weighted by atomic mass is 32.1. The van der Waals surface area contributed by atoms with Crippen LogP contribution in [0.1, 0.15) is 30.8 Å². The van der Waals surface area contributed by atoms with Gasteiger partial charge in [-0.25, -0.2) is 4.98 Å². The molecule has 19 heavy (non-hydrogen) atoms. The molecule has 0 amide bonds. The average molecular weight is 295 g/mol. The number of rotatable bonds is 7. The van der Waals surface area contributed by atoms with Crippen molar-refractivity contribution < 1.29 is 13.2 Å². The third-order valence-electron chi connectivity index (χ3n) is 2.62. The van der Waals surface area contributed by atoms with Gasteiger partial charge in [0.1, 0.15) is 6.54 Å². The normalized spacial score (nSPS) is 11.9. The summed E-state index contributed by atoms with van der Waals surface area (Å²) in [4.78, 5) is 6.52. The minimum atomic E-state index is -4.20. The molecule has 1 N–H and O–H groups in total. The first-order valence-corrected chi connectivity index (χ1v) is 7.17. The number of halogens is 3. The van der Waals surface area contributed by atoms with Gasteiger partial charge in [0.2, 0.25) is 0 Å². The molecule has 0 aromatic carbocycles. The van der Waals surface area contributed by atoms with Crippen molar-refractivity contribution in [2.75, 3.05) is 24.5 Å². The largest absolute Gasteiger partial charge is 0.406 e. The summed E-state index contributed by atoms with van der Waals surface area (Å²) >= 11 is 1.34. The predicted molar refractivity (Wildman–Crippen MR) is 72.8 cm³/mol. The molecule has 0 aliphatic rings. The molecule has 0 unspecified atom stereocenters. The molecular weight excluding hydrogens is 275 g/mol. The van der Waals surface area contributed by atoms with Crippen molar-refractivity contribution in [3.63, 3.8) is 0 Å². The Balaban J connectivity index is 2.74. The average Bonchev–Trinajstić information content (AvgIpc) is 2.67. The molecule has 1 heterocycles. The van der Waals surface area contributed by atoms with E-state index in [1.54, 1.807) is 6.92 Å². The van der Waals surface area contributed by atoms with E-state index in [-0.39, 0.29) is 0 Å². The molecule has 0 saturated carbocycles. The van der Waals surface area contributed by atoms with Crippen LogP contribution in [0.5, 0.6) is 0 Å². The van der Waals surface area contributed by atoms with Gasteiger partial charge in [-0.05, 0) is 26.8 Å². The topological polar surface area (TPSA) is 28.2 Å². The Bertz CT molecular complexity index is 390. The number of aryl methyl sites for hydroxylation is 1. The quantitative estimate of drug-likeness (QED) is 0.782. The number of thiazole rings is 1. The lowest BCUT2D eigenvalue weighted by Crippen LogP contribution is -2.33. The van der Waals surface area contributed by atoms with Crippen molar-refractivity contribution in [2.45, 2.75) is 39.9 Å². The van der Waals surface area contributed by atoms with Crippen LogP contribution in [-0.4, -0.2) is 30.8 Å². The van der Waals surface area contributed by atoms with Crippen molar-refractivity contribution >= 4 is 16.5 Å². The third kappa shape index (κ3) is 5.36. The van der Waals surface area contributed by atoms with E-state index < -0.39 is 12.7 Å². The van der Waals surface area contributed by atoms with E-state index in [1.807, 2.05) is 6.92 Å². The fourth-order valence-electron chi connectivity index (χ4n) is 1.62. The van der Waals surface area contributed by atoms with E-state index in [0.29, 0.717) is 18.2 Å². The monoisotopic (exact) mass is 295 g/mol. The van der Waals surface area contributed by atoms with Gasteiger partial charge in [0.05, 0.1) is 5.69 Å². The first kappa shape index (κ1) is 16.2. The molecule has 1 aromatic heterocycles. The summed E-state index contributed by atoms with van der Waals surface area (Å²) in [6, 6.07) is 0. The third-order valence-corrected chi connectivity index (χ3v) is 3.83. The van der Waals surface area contributed by atoms with E-state index in [4.69, 9.17) is 0 Å². The zero-order valence-electron chi connectivity index (χ0n) is 11.5. The number of alkyl halides is 3. The highest BCUT2D eigenvalue weighted by Gasteiger charge is 2.31. The Hall–Kier alpha value is -0.820. The van der Waals surface area contributed by atoms with Gasteiger partial charge in [0.15, 0.2) is 5.13 Å². The second-order valence-corrected chi connectivity index (χ2v) is 5.37. The van der Waals surface area contributed by atoms with Gasteiger partial charge in [-0.1, -0.05) is 6.92 Å². The van der Waals surface area contributed by atoms with Gasteiger partial charge in [-0.2, -0.15) is 13.2 Å². The molecule has 1 aromatic rings. The lowest BCUT2D eigenvalue weighted by molar-refractivity contribution is -0.119. The van der Waals surface area contributed by atoms with E-state index in [9.17, 15) is 13.2 Å². The van der Waals surface area contributed by atoms with Gasteiger partial charge in [0.25, 0.3) is 0 Å². The van der Waals surface area contributed by atoms with Crippen molar-refractivity contribution in [3.8, 4) is 0 Å². The fourth-order valence-corrected chi connectivity index (χ4v) is 2.72. The summed E-state index contributed by atoms with van der Waals surface area (Å²) in [5.41, 5.74) is 0.809. The second-order valence-electron chi connectivity index (χ2n) is 4.31. The van der Waals surface area contributed by atoms with Crippen LogP contribution < -0.4 is 10.2 Å². The maximum Gasteiger partial charge on any atom is 0.406 e. The molecule has 7 heteroatoms. The van der Waals surface area contributed by atoms with E-state index in [2.05, 4.69) is 17.2 Å². The molecule has 3 nitrogen and oxygen atoms in total. The molecule has 0 saturated heterocycles. The summed E-state index contributed by atoms with van der Waals surface area (Å²) in [5, 5.41) is 3.69. The first-order valence-electron chi connectivity index (χ1n) is 6.36. The highest BCUT2D eigenvalue weighted by molar-refractivity contribution is 7.15. The van der Waals surface area contributed by atoms with Crippen LogP contribution >= 0.6 is 11.3 Å². The smallest absolute Gasteiger partial charge is 0.339 e. The zero-order chi connectivity index (χ0) is 14.5. The summed E-state index contributed by atoms with van der Waals surface area (Å²) < 4.78 is 37.4. The molecule has 0 fully saturated rings. The van der Waals surface area contributed by atoms with Crippen molar-refractivity contribution in [1.82, 2.24) is 10.3 Å². The highest BCUT2D eigenvalue weighted by Crippen LogP contribution is 2.28. The van der Waals surface area contributed by atoms with Crippen LogP contribution in [0, 0.1) is 6.92 Å². The Morgan fingerprint density at radius 1 is 1.32 bits per heavy atom. The minimum Gasteiger partial charge on any atom is -0.339 e. The van der Waals surface area contributed by atoms with Crippen molar-refractivity contribution in [1.29, 1.82) is 0 Å². The maximum atomic E-state index is 12.5. The van der Waals surface area contributed by atoms with Crippen LogP contribution in [0.2, 0.25) is 0 Å². The molecule has 0 spiro atoms. The van der Waals surface area contributed by atoms with Crippen LogP contribution in [0.4, 0.5) is 18.3 Å². The summed E-state index contributed by atoms with van der Waals surface area (Å²) in [6.45, 7) is 6.53. The fraction of sp³-hybridized carbons (Fsp3) is 0.750. The predicted octanol–water partition coefficient (Wildman–Crippen LogP) is 3.34. The van der Waals surface area contributed by atoms with Gasteiger partial charge in [-0.3, -0.25) is 0 Å². The number of aromatic nitrogens is 1. The zero-order valence-corrected chi connectivity index (χ0v) is 12.3. The van der Waals surface area contributed by atoms with Crippen molar-refractivity contribution in [3.05, 3.63) is 10.6 Å². The lowest BCUT2D eigenvalue weighted by atomic mass is 10.4. The van der Waals surface area contributed by atoms with Crippen LogP contribution in [0.25, 0.3) is 0 Å². The van der Waals surface area contributed by atoms with Gasteiger partial charge < -0.3 is 10.2 Å². The molecule has 0 aliphatic heterocycles. The van der Waals surface area contributed by atoms with Crippen LogP contribution in [0.3, 0.4) is 0 Å². The molecule has 0 atom stereocenters. The van der Waals surface area contributed by atoms with Gasteiger partial charge in [-0.15, -0.1) is 11.3 Å². The summed E-state index contributed by atoms with van der Waals surface area (Å²) in [7, 11) is 0. The molecule has 0 bridgehead atoms. The molecular formula is C12H20F3N3S. The second kappa shape index (κ2) is 7.09. The van der Waals surface area contributed by atoms with Gasteiger partial charge in [0, 0.05) is 18.0 Å². The Kier molecular flexibility index (Phi) is 6.06. The van der Waals surface area contributed by atoms with Crippen molar-refractivity contribution in [2.24, 2.45) is 0 Å². The van der Waals surface area contributed by atoms with E-state index in [0.717, 1.165) is 23.5 Å². The molecule has 1 rings (SSSR count). The SMILES string of the molecule is CCCNCc1sc(N(CC)CC(F)(F)F)nc1C. The minimum absolute atomic E-state index is 0.300. The van der Waals surface area contributed by atoms with Crippen LogP contribution in [-0.2, 0) is 6.54 Å². The molecule has 0 aliphatic carbocycles. The van der Waals surface area contributed by atoms with Crippen LogP contribution in [0.15, 0.2) is 0 Å². The van der Waals surface area contributed by atoms with Gasteiger partial charge >= 0.3 is 6.18 Å². The summed E-state index contributed by atoms with van der Waals surface area (Å²) in [6.07, 6.45) is -3.17. The Morgan fingerprint density at radius 2 is 2.00 bits per heavy atom. The number of hydrogen-bond donors (Lipinski definition) is 1. The van der Waals surface area contributed by atoms with E-state index >= 15 is 0 Å². The first-order chi connectivity index (χ1) is 8.87. The number of anilines is 1. The number of hydrogen-bond acceptors (Lipinski definition) is 4. The molecule has 110 valence electrons. The number of nitrogens with one attached hydrogen (secondary N) is 1. The van der Waals surface area contributed by atoms with E-state index in [1.165, 1.54) is 16.2 Å². The number of nitrogens with zero attached hydrogens (tertiary/aromatic N) is 2. The maximum absolute atomic E-state index is 12.5.